The van der Waals surface area contributed by atoms with Crippen LogP contribution in [0.4, 0.5) is 0 Å². The van der Waals surface area contributed by atoms with Crippen LogP contribution in [0.25, 0.3) is 0 Å². The van der Waals surface area contributed by atoms with Crippen molar-refractivity contribution in [3.63, 3.8) is 0 Å². The molecular weight excluding hydrogens is 256 g/mol. The number of sulfonamides is 1. The average molecular weight is 276 g/mol. The minimum Gasteiger partial charge on any atom is -0.383 e. The summed E-state index contributed by atoms with van der Waals surface area (Å²) in [5, 5.41) is 6.55. The predicted molar refractivity (Wildman–Crippen MR) is 67.5 cm³/mol. The Balaban J connectivity index is 3.17. The first kappa shape index (κ1) is 15.1. The monoisotopic (exact) mass is 276 g/mol. The predicted octanol–water partition coefficient (Wildman–Crippen LogP) is -0.168. The number of aromatic amines is 1. The smallest absolute Gasteiger partial charge is 0.246 e. The summed E-state index contributed by atoms with van der Waals surface area (Å²) in [5.41, 5.74) is 6.35. The maximum absolute atomic E-state index is 12.5. The SMILES string of the molecule is COCC(C)N(C)S(=O)(=O)c1c(CN)n[nH]c1C. The summed E-state index contributed by atoms with van der Waals surface area (Å²) in [6, 6.07) is -0.264. The van der Waals surface area contributed by atoms with Crippen molar-refractivity contribution in [3.05, 3.63) is 11.4 Å². The normalized spacial score (nSPS) is 14.1. The number of hydrogen-bond donors (Lipinski definition) is 2. The van der Waals surface area contributed by atoms with Crippen LogP contribution < -0.4 is 5.73 Å². The van der Waals surface area contributed by atoms with E-state index in [0.29, 0.717) is 18.0 Å². The van der Waals surface area contributed by atoms with E-state index in [4.69, 9.17) is 10.5 Å². The lowest BCUT2D eigenvalue weighted by molar-refractivity contribution is 0.149. The molecule has 104 valence electrons. The number of likely N-dealkylation sites (N-methyl/N-ethyl adjacent to an activating group) is 1. The lowest BCUT2D eigenvalue weighted by Crippen LogP contribution is -2.38. The second kappa shape index (κ2) is 5.79. The van der Waals surface area contributed by atoms with Gasteiger partial charge in [0.05, 0.1) is 18.0 Å². The van der Waals surface area contributed by atoms with Gasteiger partial charge in [0.15, 0.2) is 0 Å². The van der Waals surface area contributed by atoms with Gasteiger partial charge in [-0.2, -0.15) is 9.40 Å². The molecular formula is C10H20N4O3S. The molecule has 1 rings (SSSR count). The van der Waals surface area contributed by atoms with Crippen molar-refractivity contribution in [1.82, 2.24) is 14.5 Å². The fourth-order valence-electron chi connectivity index (χ4n) is 1.68. The molecule has 0 aromatic carbocycles. The zero-order chi connectivity index (χ0) is 13.9. The number of aromatic nitrogens is 2. The minimum atomic E-state index is -3.61. The standard InChI is InChI=1S/C10H20N4O3S/c1-7(6-17-4)14(3)18(15,16)10-8(2)12-13-9(10)5-11/h7H,5-6,11H2,1-4H3,(H,12,13). The Bertz CT molecular complexity index is 497. The summed E-state index contributed by atoms with van der Waals surface area (Å²) in [7, 11) is -0.558. The Morgan fingerprint density at radius 2 is 2.17 bits per heavy atom. The molecule has 0 saturated carbocycles. The minimum absolute atomic E-state index is 0.0748. The van der Waals surface area contributed by atoms with Crippen LogP contribution >= 0.6 is 0 Å². The summed E-state index contributed by atoms with van der Waals surface area (Å²) < 4.78 is 31.2. The molecule has 0 aliphatic heterocycles. The maximum Gasteiger partial charge on any atom is 0.246 e. The zero-order valence-electron chi connectivity index (χ0n) is 11.1. The van der Waals surface area contributed by atoms with Gasteiger partial charge in [0.25, 0.3) is 0 Å². The Labute approximate surface area is 107 Å². The van der Waals surface area contributed by atoms with Gasteiger partial charge in [-0.15, -0.1) is 0 Å². The number of rotatable bonds is 6. The van der Waals surface area contributed by atoms with Gasteiger partial charge in [-0.05, 0) is 13.8 Å². The number of aryl methyl sites for hydroxylation is 1. The highest BCUT2D eigenvalue weighted by molar-refractivity contribution is 7.89. The highest BCUT2D eigenvalue weighted by Gasteiger charge is 2.30. The molecule has 0 aliphatic rings. The molecule has 1 aromatic heterocycles. The number of nitrogens with zero attached hydrogens (tertiary/aromatic N) is 2. The molecule has 0 aliphatic carbocycles. The van der Waals surface area contributed by atoms with Crippen LogP contribution in [-0.2, 0) is 21.3 Å². The van der Waals surface area contributed by atoms with Crippen molar-refractivity contribution in [2.75, 3.05) is 20.8 Å². The first-order chi connectivity index (χ1) is 8.36. The molecule has 8 heteroatoms. The molecule has 18 heavy (non-hydrogen) atoms. The van der Waals surface area contributed by atoms with E-state index in [1.807, 2.05) is 0 Å². The number of ether oxygens (including phenoxy) is 1. The van der Waals surface area contributed by atoms with Crippen LogP contribution in [0.2, 0.25) is 0 Å². The Kier molecular flexibility index (Phi) is 4.85. The van der Waals surface area contributed by atoms with Gasteiger partial charge in [-0.3, -0.25) is 5.10 Å². The van der Waals surface area contributed by atoms with Crippen LogP contribution in [0.1, 0.15) is 18.3 Å². The summed E-state index contributed by atoms with van der Waals surface area (Å²) >= 11 is 0. The maximum atomic E-state index is 12.5. The lowest BCUT2D eigenvalue weighted by Gasteiger charge is -2.23. The van der Waals surface area contributed by atoms with Crippen LogP contribution in [0.5, 0.6) is 0 Å². The Morgan fingerprint density at radius 3 is 2.67 bits per heavy atom. The van der Waals surface area contributed by atoms with Gasteiger partial charge in [0.2, 0.25) is 10.0 Å². The third-order valence-corrected chi connectivity index (χ3v) is 5.00. The number of hydrogen-bond acceptors (Lipinski definition) is 5. The molecule has 0 radical (unpaired) electrons. The van der Waals surface area contributed by atoms with E-state index >= 15 is 0 Å². The highest BCUT2D eigenvalue weighted by Crippen LogP contribution is 2.22. The van der Waals surface area contributed by atoms with E-state index in [9.17, 15) is 8.42 Å². The second-order valence-electron chi connectivity index (χ2n) is 4.15. The van der Waals surface area contributed by atoms with Crippen molar-refractivity contribution in [2.45, 2.75) is 31.3 Å². The summed E-state index contributed by atoms with van der Waals surface area (Å²) in [6.45, 7) is 3.84. The second-order valence-corrected chi connectivity index (χ2v) is 6.09. The van der Waals surface area contributed by atoms with E-state index < -0.39 is 10.0 Å². The van der Waals surface area contributed by atoms with E-state index in [1.54, 1.807) is 13.8 Å². The molecule has 1 atom stereocenters. The Hall–Kier alpha value is -0.960. The van der Waals surface area contributed by atoms with Gasteiger partial charge in [-0.25, -0.2) is 8.42 Å². The van der Waals surface area contributed by atoms with Crippen molar-refractivity contribution < 1.29 is 13.2 Å². The highest BCUT2D eigenvalue weighted by atomic mass is 32.2. The fraction of sp³-hybridized carbons (Fsp3) is 0.700. The number of H-pyrrole nitrogens is 1. The molecule has 1 aromatic rings. The molecule has 0 spiro atoms. The Morgan fingerprint density at radius 1 is 1.56 bits per heavy atom. The van der Waals surface area contributed by atoms with Crippen molar-refractivity contribution >= 4 is 10.0 Å². The zero-order valence-corrected chi connectivity index (χ0v) is 11.9. The third kappa shape index (κ3) is 2.72. The average Bonchev–Trinajstić information content (AvgIpc) is 2.70. The molecule has 3 N–H and O–H groups in total. The van der Waals surface area contributed by atoms with E-state index in [2.05, 4.69) is 10.2 Å². The number of methoxy groups -OCH3 is 1. The van der Waals surface area contributed by atoms with Crippen LogP contribution in [0.3, 0.4) is 0 Å². The van der Waals surface area contributed by atoms with E-state index in [-0.39, 0.29) is 17.5 Å². The van der Waals surface area contributed by atoms with Crippen LogP contribution in [0, 0.1) is 6.92 Å². The largest absolute Gasteiger partial charge is 0.383 e. The van der Waals surface area contributed by atoms with Gasteiger partial charge >= 0.3 is 0 Å². The molecule has 0 saturated heterocycles. The first-order valence-electron chi connectivity index (χ1n) is 5.57. The van der Waals surface area contributed by atoms with Gasteiger partial charge < -0.3 is 10.5 Å². The lowest BCUT2D eigenvalue weighted by atomic mass is 10.4. The first-order valence-corrected chi connectivity index (χ1v) is 7.01. The third-order valence-electron chi connectivity index (χ3n) is 2.82. The molecule has 1 unspecified atom stereocenters. The topological polar surface area (TPSA) is 101 Å². The molecule has 0 fully saturated rings. The fourth-order valence-corrected chi connectivity index (χ4v) is 3.36. The van der Waals surface area contributed by atoms with Crippen LogP contribution in [-0.4, -0.2) is 49.7 Å². The molecule has 0 bridgehead atoms. The summed E-state index contributed by atoms with van der Waals surface area (Å²) in [5.74, 6) is 0. The van der Waals surface area contributed by atoms with Gasteiger partial charge in [0.1, 0.15) is 4.90 Å². The van der Waals surface area contributed by atoms with E-state index in [0.717, 1.165) is 0 Å². The number of nitrogens with two attached hydrogens (primary N) is 1. The molecule has 0 amide bonds. The van der Waals surface area contributed by atoms with Crippen molar-refractivity contribution in [1.29, 1.82) is 0 Å². The quantitative estimate of drug-likeness (QED) is 0.751. The number of nitrogens with one attached hydrogen (secondary N) is 1. The van der Waals surface area contributed by atoms with Gasteiger partial charge in [-0.1, -0.05) is 0 Å². The van der Waals surface area contributed by atoms with Crippen molar-refractivity contribution in [3.8, 4) is 0 Å². The molecule has 7 nitrogen and oxygen atoms in total. The van der Waals surface area contributed by atoms with E-state index in [1.165, 1.54) is 18.5 Å². The summed E-state index contributed by atoms with van der Waals surface area (Å²) in [4.78, 5) is 0.162. The molecule has 1 heterocycles. The van der Waals surface area contributed by atoms with Crippen molar-refractivity contribution in [2.24, 2.45) is 5.73 Å². The van der Waals surface area contributed by atoms with Crippen LogP contribution in [0.15, 0.2) is 4.90 Å². The van der Waals surface area contributed by atoms with Gasteiger partial charge in [0, 0.05) is 26.7 Å². The summed E-state index contributed by atoms with van der Waals surface area (Å²) in [6.07, 6.45) is 0.